The van der Waals surface area contributed by atoms with Crippen molar-refractivity contribution in [2.24, 2.45) is 11.7 Å². The quantitative estimate of drug-likeness (QED) is 0.802. The highest BCUT2D eigenvalue weighted by atomic mass is 16.5. The molecule has 1 fully saturated rings. The third-order valence-electron chi connectivity index (χ3n) is 3.38. The Labute approximate surface area is 111 Å². The molecule has 1 aromatic rings. The van der Waals surface area contributed by atoms with Gasteiger partial charge in [-0.3, -0.25) is 0 Å². The first-order chi connectivity index (χ1) is 8.69. The van der Waals surface area contributed by atoms with Crippen LogP contribution in [-0.4, -0.2) is 12.6 Å². The average molecular weight is 247 g/mol. The van der Waals surface area contributed by atoms with Gasteiger partial charge in [0.15, 0.2) is 0 Å². The Morgan fingerprint density at radius 3 is 2.78 bits per heavy atom. The Balaban J connectivity index is 2.08. The van der Waals surface area contributed by atoms with E-state index in [1.165, 1.54) is 30.4 Å². The highest BCUT2D eigenvalue weighted by molar-refractivity contribution is 5.38. The number of aryl methyl sites for hydroxylation is 1. The summed E-state index contributed by atoms with van der Waals surface area (Å²) >= 11 is 0. The molecule has 1 aliphatic rings. The van der Waals surface area contributed by atoms with Crippen LogP contribution in [0.15, 0.2) is 18.2 Å². The number of ether oxygens (including phenoxy) is 1. The van der Waals surface area contributed by atoms with Gasteiger partial charge in [0, 0.05) is 6.04 Å². The van der Waals surface area contributed by atoms with Crippen molar-refractivity contribution in [3.63, 3.8) is 0 Å². The predicted octanol–water partition coefficient (Wildman–Crippen LogP) is 3.32. The molecule has 1 saturated carbocycles. The largest absolute Gasteiger partial charge is 0.493 e. The maximum atomic E-state index is 5.94. The highest BCUT2D eigenvalue weighted by Gasteiger charge is 2.22. The number of hydrogen-bond donors (Lipinski definition) is 1. The van der Waals surface area contributed by atoms with Crippen LogP contribution in [0.5, 0.6) is 5.75 Å². The summed E-state index contributed by atoms with van der Waals surface area (Å²) < 4.78 is 5.94. The standard InChI is InChI=1S/C16H25NO/c1-3-4-13-7-8-16(18-11-14-5-6-14)15(10-13)9-12(2)17/h7-8,10,12,14H,3-6,9,11,17H2,1-2H3. The fourth-order valence-electron chi connectivity index (χ4n) is 2.22. The fourth-order valence-corrected chi connectivity index (χ4v) is 2.22. The molecule has 0 spiro atoms. The second kappa shape index (κ2) is 6.24. The van der Waals surface area contributed by atoms with Crippen molar-refractivity contribution in [2.75, 3.05) is 6.61 Å². The smallest absolute Gasteiger partial charge is 0.122 e. The van der Waals surface area contributed by atoms with Crippen molar-refractivity contribution >= 4 is 0 Å². The SMILES string of the molecule is CCCc1ccc(OCC2CC2)c(CC(C)N)c1. The van der Waals surface area contributed by atoms with Gasteiger partial charge in [0.25, 0.3) is 0 Å². The van der Waals surface area contributed by atoms with Crippen LogP contribution in [0.25, 0.3) is 0 Å². The lowest BCUT2D eigenvalue weighted by Crippen LogP contribution is -2.18. The fraction of sp³-hybridized carbons (Fsp3) is 0.625. The Bertz CT molecular complexity index is 383. The van der Waals surface area contributed by atoms with Crippen molar-refractivity contribution in [1.82, 2.24) is 0 Å². The van der Waals surface area contributed by atoms with Crippen molar-refractivity contribution in [3.8, 4) is 5.75 Å². The third-order valence-corrected chi connectivity index (χ3v) is 3.38. The first kappa shape index (κ1) is 13.4. The summed E-state index contributed by atoms with van der Waals surface area (Å²) in [4.78, 5) is 0. The average Bonchev–Trinajstić information content (AvgIpc) is 3.11. The second-order valence-corrected chi connectivity index (χ2v) is 5.63. The number of rotatable bonds is 7. The Morgan fingerprint density at radius 1 is 1.39 bits per heavy atom. The monoisotopic (exact) mass is 247 g/mol. The Hall–Kier alpha value is -1.02. The van der Waals surface area contributed by atoms with Crippen molar-refractivity contribution < 1.29 is 4.74 Å². The zero-order valence-electron chi connectivity index (χ0n) is 11.6. The van der Waals surface area contributed by atoms with Crippen LogP contribution in [0.2, 0.25) is 0 Å². The van der Waals surface area contributed by atoms with Crippen molar-refractivity contribution in [3.05, 3.63) is 29.3 Å². The molecule has 0 bridgehead atoms. The highest BCUT2D eigenvalue weighted by Crippen LogP contribution is 2.31. The molecular weight excluding hydrogens is 222 g/mol. The van der Waals surface area contributed by atoms with E-state index in [9.17, 15) is 0 Å². The molecule has 1 atom stereocenters. The van der Waals surface area contributed by atoms with Crippen LogP contribution in [-0.2, 0) is 12.8 Å². The van der Waals surface area contributed by atoms with Crippen LogP contribution in [0.3, 0.4) is 0 Å². The van der Waals surface area contributed by atoms with Gasteiger partial charge in [-0.25, -0.2) is 0 Å². The molecule has 0 amide bonds. The summed E-state index contributed by atoms with van der Waals surface area (Å²) in [6, 6.07) is 6.78. The molecule has 0 aliphatic heterocycles. The molecule has 1 unspecified atom stereocenters. The van der Waals surface area contributed by atoms with Crippen molar-refractivity contribution in [1.29, 1.82) is 0 Å². The van der Waals surface area contributed by atoms with E-state index in [0.29, 0.717) is 0 Å². The predicted molar refractivity (Wildman–Crippen MR) is 76.0 cm³/mol. The number of benzene rings is 1. The van der Waals surface area contributed by atoms with Gasteiger partial charge >= 0.3 is 0 Å². The molecule has 0 saturated heterocycles. The molecule has 0 heterocycles. The van der Waals surface area contributed by atoms with Gasteiger partial charge in [-0.05, 0) is 55.7 Å². The lowest BCUT2D eigenvalue weighted by Gasteiger charge is -2.14. The molecule has 0 radical (unpaired) electrons. The molecular formula is C16H25NO. The van der Waals surface area contributed by atoms with Crippen LogP contribution in [0.1, 0.15) is 44.2 Å². The van der Waals surface area contributed by atoms with Crippen LogP contribution in [0.4, 0.5) is 0 Å². The van der Waals surface area contributed by atoms with E-state index in [-0.39, 0.29) is 6.04 Å². The minimum Gasteiger partial charge on any atom is -0.493 e. The minimum absolute atomic E-state index is 0.185. The normalized spacial score (nSPS) is 16.6. The molecule has 1 aliphatic carbocycles. The summed E-state index contributed by atoms with van der Waals surface area (Å²) in [7, 11) is 0. The van der Waals surface area contributed by atoms with Gasteiger partial charge < -0.3 is 10.5 Å². The van der Waals surface area contributed by atoms with E-state index in [2.05, 4.69) is 32.0 Å². The van der Waals surface area contributed by atoms with Crippen LogP contribution in [0, 0.1) is 5.92 Å². The third kappa shape index (κ3) is 4.02. The molecule has 2 rings (SSSR count). The summed E-state index contributed by atoms with van der Waals surface area (Å²) in [5.41, 5.74) is 8.60. The van der Waals surface area contributed by atoms with Gasteiger partial charge in [-0.15, -0.1) is 0 Å². The summed E-state index contributed by atoms with van der Waals surface area (Å²) in [5.74, 6) is 1.84. The zero-order valence-corrected chi connectivity index (χ0v) is 11.6. The first-order valence-corrected chi connectivity index (χ1v) is 7.19. The summed E-state index contributed by atoms with van der Waals surface area (Å²) in [6.45, 7) is 5.14. The Kier molecular flexibility index (Phi) is 4.65. The molecule has 100 valence electrons. The summed E-state index contributed by atoms with van der Waals surface area (Å²) in [6.07, 6.45) is 5.87. The first-order valence-electron chi connectivity index (χ1n) is 7.19. The molecule has 2 nitrogen and oxygen atoms in total. The lowest BCUT2D eigenvalue weighted by atomic mass is 10.0. The molecule has 2 heteroatoms. The maximum absolute atomic E-state index is 5.94. The Morgan fingerprint density at radius 2 is 2.17 bits per heavy atom. The van der Waals surface area contributed by atoms with E-state index in [1.807, 2.05) is 0 Å². The van der Waals surface area contributed by atoms with Gasteiger partial charge in [0.1, 0.15) is 5.75 Å². The van der Waals surface area contributed by atoms with Crippen molar-refractivity contribution in [2.45, 2.75) is 52.0 Å². The van der Waals surface area contributed by atoms with Crippen LogP contribution < -0.4 is 10.5 Å². The molecule has 0 aromatic heterocycles. The molecule has 1 aromatic carbocycles. The van der Waals surface area contributed by atoms with E-state index in [0.717, 1.165) is 31.1 Å². The van der Waals surface area contributed by atoms with Gasteiger partial charge in [-0.2, -0.15) is 0 Å². The zero-order chi connectivity index (χ0) is 13.0. The van der Waals surface area contributed by atoms with E-state index < -0.39 is 0 Å². The van der Waals surface area contributed by atoms with Crippen LogP contribution >= 0.6 is 0 Å². The number of hydrogen-bond acceptors (Lipinski definition) is 2. The number of nitrogens with two attached hydrogens (primary N) is 1. The molecule has 18 heavy (non-hydrogen) atoms. The van der Waals surface area contributed by atoms with E-state index >= 15 is 0 Å². The van der Waals surface area contributed by atoms with Gasteiger partial charge in [0.2, 0.25) is 0 Å². The topological polar surface area (TPSA) is 35.2 Å². The van der Waals surface area contributed by atoms with E-state index in [1.54, 1.807) is 0 Å². The summed E-state index contributed by atoms with van der Waals surface area (Å²) in [5, 5.41) is 0. The lowest BCUT2D eigenvalue weighted by molar-refractivity contribution is 0.296. The molecule has 2 N–H and O–H groups in total. The maximum Gasteiger partial charge on any atom is 0.122 e. The van der Waals surface area contributed by atoms with E-state index in [4.69, 9.17) is 10.5 Å². The second-order valence-electron chi connectivity index (χ2n) is 5.63. The van der Waals surface area contributed by atoms with Gasteiger partial charge in [-0.1, -0.05) is 25.5 Å². The van der Waals surface area contributed by atoms with Gasteiger partial charge in [0.05, 0.1) is 6.61 Å². The minimum atomic E-state index is 0.185.